The van der Waals surface area contributed by atoms with Crippen LogP contribution in [-0.2, 0) is 0 Å². The van der Waals surface area contributed by atoms with Crippen molar-refractivity contribution in [3.8, 4) is 22.3 Å². The molecule has 0 amide bonds. The SMILES string of the molecule is c1ccc(-c2cccc3c2oc2cccc(-c4ccccc4C4N=C(c5cc6ccccc6c6ccccc56)NC(c5cccc6c5oc5ccccc56)=N4)c23)cc1. The van der Waals surface area contributed by atoms with Gasteiger partial charge in [-0.15, -0.1) is 0 Å². The summed E-state index contributed by atoms with van der Waals surface area (Å²) in [6.45, 7) is 0. The molecule has 0 spiro atoms. The molecular formula is C53H33N3O2. The Morgan fingerprint density at radius 1 is 0.379 bits per heavy atom. The molecule has 58 heavy (non-hydrogen) atoms. The highest BCUT2D eigenvalue weighted by atomic mass is 16.3. The number of hydrogen-bond acceptors (Lipinski definition) is 5. The average Bonchev–Trinajstić information content (AvgIpc) is 3.88. The first-order valence-electron chi connectivity index (χ1n) is 19.6. The van der Waals surface area contributed by atoms with Gasteiger partial charge >= 0.3 is 0 Å². The van der Waals surface area contributed by atoms with Gasteiger partial charge in [0, 0.05) is 38.2 Å². The van der Waals surface area contributed by atoms with E-state index in [0.717, 1.165) is 99.4 Å². The van der Waals surface area contributed by atoms with Crippen molar-refractivity contribution in [1.82, 2.24) is 5.32 Å². The second-order valence-corrected chi connectivity index (χ2v) is 14.8. The molecule has 3 heterocycles. The standard InChI is InChI=1S/C53H33N3O2/c1-2-15-32(16-3-1)35-24-12-27-43-48-40(25-14-30-47(48)58-49(35)43)38-21-8-9-23-42(38)51-54-52(44-28-13-26-41-39-22-10-11-29-46(39)57-50(41)44)56-53(55-51)45-31-33-17-4-5-18-34(33)36-19-6-7-20-37(36)45/h1-31,51H,(H,54,55,56). The maximum Gasteiger partial charge on any atom is 0.170 e. The van der Waals surface area contributed by atoms with Crippen LogP contribution in [0.15, 0.2) is 207 Å². The van der Waals surface area contributed by atoms with Crippen LogP contribution < -0.4 is 5.32 Å². The second kappa shape index (κ2) is 12.9. The van der Waals surface area contributed by atoms with Gasteiger partial charge in [-0.3, -0.25) is 0 Å². The van der Waals surface area contributed by atoms with Gasteiger partial charge in [0.15, 0.2) is 6.17 Å². The third kappa shape index (κ3) is 5.03. The molecule has 5 heteroatoms. The van der Waals surface area contributed by atoms with Crippen molar-refractivity contribution in [2.75, 3.05) is 0 Å². The maximum atomic E-state index is 6.70. The van der Waals surface area contributed by atoms with Crippen LogP contribution in [0.2, 0.25) is 0 Å². The predicted molar refractivity (Wildman–Crippen MR) is 239 cm³/mol. The van der Waals surface area contributed by atoms with E-state index in [1.807, 2.05) is 18.2 Å². The Kier molecular flexibility index (Phi) is 7.23. The maximum absolute atomic E-state index is 6.70. The summed E-state index contributed by atoms with van der Waals surface area (Å²) in [6, 6.07) is 65.5. The Balaban J connectivity index is 1.10. The van der Waals surface area contributed by atoms with E-state index in [4.69, 9.17) is 18.8 Å². The molecule has 12 rings (SSSR count). The Morgan fingerprint density at radius 2 is 0.948 bits per heavy atom. The number of fused-ring (bicyclic) bond motifs is 9. The molecule has 1 aliphatic rings. The van der Waals surface area contributed by atoms with E-state index >= 15 is 0 Å². The summed E-state index contributed by atoms with van der Waals surface area (Å²) >= 11 is 0. The van der Waals surface area contributed by atoms with E-state index in [2.05, 4.69) is 175 Å². The van der Waals surface area contributed by atoms with Crippen LogP contribution in [0.1, 0.15) is 22.9 Å². The topological polar surface area (TPSA) is 63.0 Å². The first kappa shape index (κ1) is 32.5. The lowest BCUT2D eigenvalue weighted by Crippen LogP contribution is -2.36. The predicted octanol–water partition coefficient (Wildman–Crippen LogP) is 13.6. The van der Waals surface area contributed by atoms with Crippen molar-refractivity contribution in [2.24, 2.45) is 9.98 Å². The van der Waals surface area contributed by atoms with E-state index in [9.17, 15) is 0 Å². The number of furan rings is 2. The van der Waals surface area contributed by atoms with Gasteiger partial charge in [0.05, 0.1) is 5.56 Å². The fourth-order valence-electron chi connectivity index (χ4n) is 8.93. The highest BCUT2D eigenvalue weighted by Gasteiger charge is 2.27. The minimum atomic E-state index is -0.583. The molecule has 1 atom stereocenters. The van der Waals surface area contributed by atoms with Gasteiger partial charge in [0.25, 0.3) is 0 Å². The van der Waals surface area contributed by atoms with Crippen LogP contribution in [0.4, 0.5) is 0 Å². The van der Waals surface area contributed by atoms with Gasteiger partial charge in [-0.25, -0.2) is 9.98 Å². The normalized spacial score (nSPS) is 14.4. The number of amidine groups is 2. The summed E-state index contributed by atoms with van der Waals surface area (Å²) in [5.74, 6) is 1.45. The van der Waals surface area contributed by atoms with Crippen LogP contribution in [0, 0.1) is 0 Å². The molecular weight excluding hydrogens is 711 g/mol. The number of para-hydroxylation sites is 3. The number of hydrogen-bond donors (Lipinski definition) is 1. The first-order valence-corrected chi connectivity index (χ1v) is 19.6. The molecule has 11 aromatic rings. The molecule has 1 aliphatic heterocycles. The molecule has 0 aliphatic carbocycles. The van der Waals surface area contributed by atoms with Crippen molar-refractivity contribution in [1.29, 1.82) is 0 Å². The van der Waals surface area contributed by atoms with Crippen molar-refractivity contribution in [3.63, 3.8) is 0 Å². The second-order valence-electron chi connectivity index (χ2n) is 14.8. The highest BCUT2D eigenvalue weighted by Crippen LogP contribution is 2.43. The summed E-state index contributed by atoms with van der Waals surface area (Å²) in [6.07, 6.45) is -0.583. The van der Waals surface area contributed by atoms with E-state index < -0.39 is 6.17 Å². The van der Waals surface area contributed by atoms with Crippen LogP contribution in [0.3, 0.4) is 0 Å². The van der Waals surface area contributed by atoms with Crippen molar-refractivity contribution < 1.29 is 8.83 Å². The lowest BCUT2D eigenvalue weighted by Gasteiger charge is -2.25. The fourth-order valence-corrected chi connectivity index (χ4v) is 8.93. The van der Waals surface area contributed by atoms with Crippen molar-refractivity contribution >= 4 is 77.1 Å². The number of aliphatic imine (C=N–C) groups is 2. The van der Waals surface area contributed by atoms with Gasteiger partial charge in [-0.2, -0.15) is 0 Å². The fraction of sp³-hybridized carbons (Fsp3) is 0.0189. The first-order chi connectivity index (χ1) is 28.8. The third-order valence-electron chi connectivity index (χ3n) is 11.6. The molecule has 0 saturated heterocycles. The largest absolute Gasteiger partial charge is 0.455 e. The number of rotatable bonds is 5. The zero-order chi connectivity index (χ0) is 38.2. The zero-order valence-electron chi connectivity index (χ0n) is 31.2. The quantitative estimate of drug-likeness (QED) is 0.179. The van der Waals surface area contributed by atoms with Crippen LogP contribution in [0.25, 0.3) is 87.7 Å². The molecule has 0 saturated carbocycles. The molecule has 0 radical (unpaired) electrons. The van der Waals surface area contributed by atoms with Gasteiger partial charge in [-0.05, 0) is 62.5 Å². The minimum Gasteiger partial charge on any atom is -0.455 e. The molecule has 272 valence electrons. The molecule has 5 nitrogen and oxygen atoms in total. The highest BCUT2D eigenvalue weighted by molar-refractivity contribution is 6.26. The van der Waals surface area contributed by atoms with Gasteiger partial charge in [0.2, 0.25) is 0 Å². The Bertz CT molecular complexity index is 3500. The van der Waals surface area contributed by atoms with Crippen LogP contribution >= 0.6 is 0 Å². The molecule has 0 fully saturated rings. The molecule has 9 aromatic carbocycles. The third-order valence-corrected chi connectivity index (χ3v) is 11.6. The summed E-state index contributed by atoms with van der Waals surface area (Å²) in [7, 11) is 0. The Hall–Kier alpha value is -7.76. The van der Waals surface area contributed by atoms with E-state index in [0.29, 0.717) is 5.84 Å². The average molecular weight is 744 g/mol. The van der Waals surface area contributed by atoms with Crippen molar-refractivity contribution in [2.45, 2.75) is 6.17 Å². The monoisotopic (exact) mass is 743 g/mol. The van der Waals surface area contributed by atoms with Gasteiger partial charge in [-0.1, -0.05) is 164 Å². The molecule has 0 bridgehead atoms. The Labute approximate surface area is 333 Å². The lowest BCUT2D eigenvalue weighted by atomic mass is 9.93. The van der Waals surface area contributed by atoms with Crippen molar-refractivity contribution in [3.05, 3.63) is 205 Å². The number of nitrogens with one attached hydrogen (secondary N) is 1. The van der Waals surface area contributed by atoms with E-state index in [-0.39, 0.29) is 0 Å². The van der Waals surface area contributed by atoms with Crippen LogP contribution in [0.5, 0.6) is 0 Å². The Morgan fingerprint density at radius 3 is 1.83 bits per heavy atom. The lowest BCUT2D eigenvalue weighted by molar-refractivity contribution is 0.667. The summed E-state index contributed by atoms with van der Waals surface area (Å²) in [5.41, 5.74) is 10.5. The summed E-state index contributed by atoms with van der Waals surface area (Å²) in [4.78, 5) is 11.0. The zero-order valence-corrected chi connectivity index (χ0v) is 31.2. The number of nitrogens with zero attached hydrogens (tertiary/aromatic N) is 2. The van der Waals surface area contributed by atoms with Crippen LogP contribution in [-0.4, -0.2) is 11.7 Å². The van der Waals surface area contributed by atoms with E-state index in [1.165, 1.54) is 10.8 Å². The smallest absolute Gasteiger partial charge is 0.170 e. The minimum absolute atomic E-state index is 0.583. The molecule has 2 aromatic heterocycles. The number of benzene rings is 9. The summed E-state index contributed by atoms with van der Waals surface area (Å²) < 4.78 is 13.3. The summed E-state index contributed by atoms with van der Waals surface area (Å²) in [5, 5.41) is 12.6. The van der Waals surface area contributed by atoms with Gasteiger partial charge in [0.1, 0.15) is 34.0 Å². The molecule has 1 N–H and O–H groups in total. The van der Waals surface area contributed by atoms with Gasteiger partial charge < -0.3 is 14.2 Å². The molecule has 1 unspecified atom stereocenters. The van der Waals surface area contributed by atoms with E-state index in [1.54, 1.807) is 0 Å².